The normalized spacial score (nSPS) is 17.8. The van der Waals surface area contributed by atoms with Crippen molar-refractivity contribution in [2.45, 2.75) is 45.7 Å². The lowest BCUT2D eigenvalue weighted by molar-refractivity contribution is -0.133. The molecule has 0 spiro atoms. The highest BCUT2D eigenvalue weighted by Gasteiger charge is 2.21. The lowest BCUT2D eigenvalue weighted by atomic mass is 10.1. The summed E-state index contributed by atoms with van der Waals surface area (Å²) in [4.78, 5) is 18.1. The van der Waals surface area contributed by atoms with Crippen molar-refractivity contribution >= 4 is 5.91 Å². The van der Waals surface area contributed by atoms with Crippen LogP contribution in [0.25, 0.3) is 0 Å². The lowest BCUT2D eigenvalue weighted by Crippen LogP contribution is -2.46. The summed E-state index contributed by atoms with van der Waals surface area (Å²) in [6, 6.07) is -0.207. The third-order valence-corrected chi connectivity index (χ3v) is 3.17. The number of likely N-dealkylation sites (tertiary alicyclic amines) is 1. The fourth-order valence-electron chi connectivity index (χ4n) is 2.13. The molecule has 1 aromatic rings. The van der Waals surface area contributed by atoms with Crippen molar-refractivity contribution in [1.82, 2.24) is 20.4 Å². The first kappa shape index (κ1) is 13.0. The number of carbonyl (C=O) groups is 1. The fraction of sp³-hybridized carbons (Fsp3) is 0.750. The molecule has 0 radical (unpaired) electrons. The van der Waals surface area contributed by atoms with Gasteiger partial charge in [-0.3, -0.25) is 10.1 Å². The van der Waals surface area contributed by atoms with E-state index in [1.54, 1.807) is 6.92 Å². The van der Waals surface area contributed by atoms with E-state index in [4.69, 9.17) is 4.52 Å². The molecule has 1 fully saturated rings. The minimum atomic E-state index is -0.207. The molecular formula is C12H20N4O2. The van der Waals surface area contributed by atoms with Crippen LogP contribution in [0.1, 0.15) is 37.9 Å². The Bertz CT molecular complexity index is 399. The Morgan fingerprint density at radius 1 is 1.44 bits per heavy atom. The summed E-state index contributed by atoms with van der Waals surface area (Å²) in [6.45, 7) is 5.85. The topological polar surface area (TPSA) is 71.3 Å². The number of carbonyl (C=O) groups excluding carboxylic acids is 1. The van der Waals surface area contributed by atoms with Crippen LogP contribution in [0, 0.1) is 6.92 Å². The predicted octanol–water partition coefficient (Wildman–Crippen LogP) is 0.869. The van der Waals surface area contributed by atoms with Gasteiger partial charge in [-0.25, -0.2) is 0 Å². The second-order valence-electron chi connectivity index (χ2n) is 4.72. The van der Waals surface area contributed by atoms with E-state index in [9.17, 15) is 4.79 Å². The SMILES string of the molecule is Cc1nc(CNC(C)C(=O)N2CCCCC2)no1. The number of amides is 1. The molecule has 1 atom stereocenters. The number of aromatic nitrogens is 2. The molecule has 6 nitrogen and oxygen atoms in total. The molecule has 1 aliphatic heterocycles. The van der Waals surface area contributed by atoms with Crippen LogP contribution in [0.4, 0.5) is 0 Å². The van der Waals surface area contributed by atoms with Crippen molar-refractivity contribution in [2.24, 2.45) is 0 Å². The third kappa shape index (κ3) is 3.29. The van der Waals surface area contributed by atoms with Gasteiger partial charge in [0.2, 0.25) is 11.8 Å². The fourth-order valence-corrected chi connectivity index (χ4v) is 2.13. The molecule has 1 unspecified atom stereocenters. The molecule has 1 aliphatic rings. The Hall–Kier alpha value is -1.43. The molecule has 1 amide bonds. The van der Waals surface area contributed by atoms with Gasteiger partial charge in [0.15, 0.2) is 5.82 Å². The summed E-state index contributed by atoms with van der Waals surface area (Å²) in [6.07, 6.45) is 3.46. The summed E-state index contributed by atoms with van der Waals surface area (Å²) in [5.74, 6) is 1.29. The number of rotatable bonds is 4. The van der Waals surface area contributed by atoms with E-state index in [-0.39, 0.29) is 11.9 Å². The Kier molecular flexibility index (Phi) is 4.30. The van der Waals surface area contributed by atoms with Crippen LogP contribution in [-0.2, 0) is 11.3 Å². The first-order valence-corrected chi connectivity index (χ1v) is 6.48. The molecule has 0 bridgehead atoms. The molecule has 6 heteroatoms. The summed E-state index contributed by atoms with van der Waals surface area (Å²) < 4.78 is 4.88. The van der Waals surface area contributed by atoms with Gasteiger partial charge in [-0.1, -0.05) is 5.16 Å². The minimum absolute atomic E-state index is 0.162. The maximum absolute atomic E-state index is 12.1. The molecule has 1 N–H and O–H groups in total. The largest absolute Gasteiger partial charge is 0.341 e. The average Bonchev–Trinajstić information content (AvgIpc) is 2.82. The van der Waals surface area contributed by atoms with Gasteiger partial charge in [-0.15, -0.1) is 0 Å². The highest BCUT2D eigenvalue weighted by molar-refractivity contribution is 5.81. The summed E-state index contributed by atoms with van der Waals surface area (Å²) in [7, 11) is 0. The van der Waals surface area contributed by atoms with Crippen molar-refractivity contribution in [3.63, 3.8) is 0 Å². The summed E-state index contributed by atoms with van der Waals surface area (Å²) in [5, 5.41) is 6.92. The van der Waals surface area contributed by atoms with Crippen molar-refractivity contribution in [3.8, 4) is 0 Å². The van der Waals surface area contributed by atoms with E-state index in [2.05, 4.69) is 15.5 Å². The van der Waals surface area contributed by atoms with Gasteiger partial charge < -0.3 is 9.42 Å². The standard InChI is InChI=1S/C12H20N4O2/c1-9(12(17)16-6-4-3-5-7-16)13-8-11-14-10(2)18-15-11/h9,13H,3-8H2,1-2H3. The Morgan fingerprint density at radius 2 is 2.17 bits per heavy atom. The first-order chi connectivity index (χ1) is 8.66. The van der Waals surface area contributed by atoms with Gasteiger partial charge in [0.1, 0.15) is 0 Å². The van der Waals surface area contributed by atoms with Crippen LogP contribution in [0.2, 0.25) is 0 Å². The van der Waals surface area contributed by atoms with Crippen LogP contribution >= 0.6 is 0 Å². The summed E-state index contributed by atoms with van der Waals surface area (Å²) >= 11 is 0. The van der Waals surface area contributed by atoms with Crippen molar-refractivity contribution in [2.75, 3.05) is 13.1 Å². The number of hydrogen-bond acceptors (Lipinski definition) is 5. The number of aryl methyl sites for hydroxylation is 1. The maximum atomic E-state index is 12.1. The molecule has 0 aromatic carbocycles. The predicted molar refractivity (Wildman–Crippen MR) is 65.8 cm³/mol. The van der Waals surface area contributed by atoms with Crippen molar-refractivity contribution in [3.05, 3.63) is 11.7 Å². The van der Waals surface area contributed by atoms with E-state index < -0.39 is 0 Å². The Balaban J connectivity index is 1.79. The zero-order chi connectivity index (χ0) is 13.0. The zero-order valence-corrected chi connectivity index (χ0v) is 11.0. The number of piperidine rings is 1. The second kappa shape index (κ2) is 5.95. The molecule has 2 rings (SSSR count). The van der Waals surface area contributed by atoms with Crippen LogP contribution in [0.3, 0.4) is 0 Å². The zero-order valence-electron chi connectivity index (χ0n) is 11.0. The molecule has 0 saturated carbocycles. The van der Waals surface area contributed by atoms with Crippen LogP contribution in [-0.4, -0.2) is 40.1 Å². The van der Waals surface area contributed by atoms with Gasteiger partial charge in [-0.05, 0) is 26.2 Å². The second-order valence-corrected chi connectivity index (χ2v) is 4.72. The van der Waals surface area contributed by atoms with Crippen LogP contribution < -0.4 is 5.32 Å². The number of nitrogens with zero attached hydrogens (tertiary/aromatic N) is 3. The Labute approximate surface area is 107 Å². The van der Waals surface area contributed by atoms with Gasteiger partial charge in [0, 0.05) is 20.0 Å². The minimum Gasteiger partial charge on any atom is -0.341 e. The van der Waals surface area contributed by atoms with Gasteiger partial charge >= 0.3 is 0 Å². The highest BCUT2D eigenvalue weighted by atomic mass is 16.5. The molecule has 18 heavy (non-hydrogen) atoms. The summed E-state index contributed by atoms with van der Waals surface area (Å²) in [5.41, 5.74) is 0. The van der Waals surface area contributed by atoms with E-state index in [1.165, 1.54) is 6.42 Å². The van der Waals surface area contributed by atoms with Crippen molar-refractivity contribution in [1.29, 1.82) is 0 Å². The van der Waals surface area contributed by atoms with Gasteiger partial charge in [0.05, 0.1) is 12.6 Å². The van der Waals surface area contributed by atoms with Crippen LogP contribution in [0.5, 0.6) is 0 Å². The monoisotopic (exact) mass is 252 g/mol. The van der Waals surface area contributed by atoms with Gasteiger partial charge in [-0.2, -0.15) is 4.98 Å². The van der Waals surface area contributed by atoms with E-state index in [1.807, 2.05) is 11.8 Å². The van der Waals surface area contributed by atoms with Gasteiger partial charge in [0.25, 0.3) is 0 Å². The van der Waals surface area contributed by atoms with Crippen molar-refractivity contribution < 1.29 is 9.32 Å². The smallest absolute Gasteiger partial charge is 0.239 e. The molecule has 2 heterocycles. The third-order valence-electron chi connectivity index (χ3n) is 3.17. The maximum Gasteiger partial charge on any atom is 0.239 e. The molecular weight excluding hydrogens is 232 g/mol. The van der Waals surface area contributed by atoms with E-state index >= 15 is 0 Å². The molecule has 1 saturated heterocycles. The van der Waals surface area contributed by atoms with E-state index in [0.717, 1.165) is 25.9 Å². The van der Waals surface area contributed by atoms with Crippen LogP contribution in [0.15, 0.2) is 4.52 Å². The van der Waals surface area contributed by atoms with E-state index in [0.29, 0.717) is 18.3 Å². The number of hydrogen-bond donors (Lipinski definition) is 1. The first-order valence-electron chi connectivity index (χ1n) is 6.48. The Morgan fingerprint density at radius 3 is 2.78 bits per heavy atom. The molecule has 0 aliphatic carbocycles. The number of nitrogens with one attached hydrogen (secondary N) is 1. The average molecular weight is 252 g/mol. The quantitative estimate of drug-likeness (QED) is 0.861. The molecule has 100 valence electrons. The lowest BCUT2D eigenvalue weighted by Gasteiger charge is -2.29. The molecule has 1 aromatic heterocycles. The highest BCUT2D eigenvalue weighted by Crippen LogP contribution is 2.10.